The van der Waals surface area contributed by atoms with Crippen molar-refractivity contribution in [3.63, 3.8) is 0 Å². The molecule has 3 N–H and O–H groups in total. The molecule has 0 amide bonds. The van der Waals surface area contributed by atoms with E-state index in [1.807, 2.05) is 13.0 Å². The molecule has 0 bridgehead atoms. The molecule has 0 aliphatic carbocycles. The Morgan fingerprint density at radius 3 is 2.71 bits per heavy atom. The van der Waals surface area contributed by atoms with Gasteiger partial charge in [0.25, 0.3) is 0 Å². The standard InChI is InChI=1S/C13H25N5O2S/c1-3-4-5-14-12-10-11(2)15-13(16-12)17-6-8-18(9-7-17)21(19)20/h10,13,15H,3-9H2,1-2H3,(H,14,16)(H,19,20). The van der Waals surface area contributed by atoms with Gasteiger partial charge < -0.3 is 10.6 Å². The summed E-state index contributed by atoms with van der Waals surface area (Å²) in [5, 5.41) is 6.78. The average molecular weight is 315 g/mol. The second-order valence-corrected chi connectivity index (χ2v) is 6.31. The molecule has 1 fully saturated rings. The van der Waals surface area contributed by atoms with E-state index in [4.69, 9.17) is 4.55 Å². The lowest BCUT2D eigenvalue weighted by molar-refractivity contribution is 0.111. The lowest BCUT2D eigenvalue weighted by atomic mass is 10.3. The van der Waals surface area contributed by atoms with Crippen LogP contribution in [0.3, 0.4) is 0 Å². The zero-order valence-electron chi connectivity index (χ0n) is 12.7. The summed E-state index contributed by atoms with van der Waals surface area (Å²) in [7, 11) is 0. The maximum atomic E-state index is 11.0. The third kappa shape index (κ3) is 4.77. The number of amidine groups is 1. The highest BCUT2D eigenvalue weighted by atomic mass is 32.2. The second-order valence-electron chi connectivity index (χ2n) is 5.33. The van der Waals surface area contributed by atoms with Crippen LogP contribution in [0.15, 0.2) is 16.8 Å². The molecule has 2 aliphatic heterocycles. The van der Waals surface area contributed by atoms with Crippen LogP contribution < -0.4 is 10.6 Å². The van der Waals surface area contributed by atoms with Gasteiger partial charge in [0.05, 0.1) is 0 Å². The van der Waals surface area contributed by atoms with Crippen molar-refractivity contribution in [2.24, 2.45) is 4.99 Å². The van der Waals surface area contributed by atoms with Crippen molar-refractivity contribution in [3.8, 4) is 0 Å². The van der Waals surface area contributed by atoms with Crippen molar-refractivity contribution < 1.29 is 8.76 Å². The molecule has 2 atom stereocenters. The topological polar surface area (TPSA) is 80.2 Å². The number of nitrogens with one attached hydrogen (secondary N) is 2. The van der Waals surface area contributed by atoms with Gasteiger partial charge in [-0.1, -0.05) is 13.3 Å². The lowest BCUT2D eigenvalue weighted by Crippen LogP contribution is -2.62. The highest BCUT2D eigenvalue weighted by molar-refractivity contribution is 7.76. The molecule has 0 aromatic carbocycles. The Kier molecular flexibility index (Phi) is 6.16. The molecule has 2 rings (SSSR count). The van der Waals surface area contributed by atoms with Crippen LogP contribution in [0.4, 0.5) is 0 Å². The minimum absolute atomic E-state index is 0.00431. The summed E-state index contributed by atoms with van der Waals surface area (Å²) in [6, 6.07) is 0. The SMILES string of the molecule is CCCCN=C1C=C(C)NC(N2CCN(S(=O)O)CC2)N1. The highest BCUT2D eigenvalue weighted by Crippen LogP contribution is 2.09. The van der Waals surface area contributed by atoms with E-state index in [2.05, 4.69) is 27.4 Å². The van der Waals surface area contributed by atoms with Crippen molar-refractivity contribution in [2.75, 3.05) is 32.7 Å². The molecule has 2 heterocycles. The molecule has 8 heteroatoms. The number of nitrogens with zero attached hydrogens (tertiary/aromatic N) is 3. The van der Waals surface area contributed by atoms with Gasteiger partial charge >= 0.3 is 0 Å². The summed E-state index contributed by atoms with van der Waals surface area (Å²) in [5.41, 5.74) is 1.09. The van der Waals surface area contributed by atoms with Crippen molar-refractivity contribution in [3.05, 3.63) is 11.8 Å². The van der Waals surface area contributed by atoms with Gasteiger partial charge in [-0.05, 0) is 19.4 Å². The lowest BCUT2D eigenvalue weighted by Gasteiger charge is -2.40. The second kappa shape index (κ2) is 7.88. The predicted molar refractivity (Wildman–Crippen MR) is 84.9 cm³/mol. The zero-order chi connectivity index (χ0) is 15.2. The van der Waals surface area contributed by atoms with Crippen molar-refractivity contribution in [2.45, 2.75) is 33.0 Å². The monoisotopic (exact) mass is 315 g/mol. The first-order chi connectivity index (χ1) is 10.1. The molecule has 2 aliphatic rings. The van der Waals surface area contributed by atoms with Crippen LogP contribution in [0.25, 0.3) is 0 Å². The maximum absolute atomic E-state index is 11.0. The van der Waals surface area contributed by atoms with Gasteiger partial charge in [0, 0.05) is 38.4 Å². The first kappa shape index (κ1) is 16.4. The summed E-state index contributed by atoms with van der Waals surface area (Å²) in [4.78, 5) is 6.81. The van der Waals surface area contributed by atoms with Crippen LogP contribution in [-0.2, 0) is 11.3 Å². The molecule has 0 radical (unpaired) electrons. The van der Waals surface area contributed by atoms with Gasteiger partial charge in [-0.15, -0.1) is 0 Å². The first-order valence-corrected chi connectivity index (χ1v) is 8.52. The van der Waals surface area contributed by atoms with Gasteiger partial charge in [0.1, 0.15) is 5.84 Å². The van der Waals surface area contributed by atoms with Crippen molar-refractivity contribution in [1.82, 2.24) is 19.8 Å². The van der Waals surface area contributed by atoms with Gasteiger partial charge in [-0.2, -0.15) is 4.31 Å². The Bertz CT molecular complexity index is 432. The minimum atomic E-state index is -1.86. The minimum Gasteiger partial charge on any atom is -0.356 e. The van der Waals surface area contributed by atoms with Crippen LogP contribution in [0.5, 0.6) is 0 Å². The Labute approximate surface area is 128 Å². The predicted octanol–water partition coefficient (Wildman–Crippen LogP) is 0.320. The van der Waals surface area contributed by atoms with E-state index in [-0.39, 0.29) is 6.29 Å². The summed E-state index contributed by atoms with van der Waals surface area (Å²) in [6.45, 7) is 7.69. The summed E-state index contributed by atoms with van der Waals surface area (Å²) < 4.78 is 21.7. The maximum Gasteiger partial charge on any atom is 0.234 e. The fourth-order valence-corrected chi connectivity index (χ4v) is 2.91. The summed E-state index contributed by atoms with van der Waals surface area (Å²) in [5.74, 6) is 0.915. The Balaban J connectivity index is 1.91. The van der Waals surface area contributed by atoms with E-state index >= 15 is 0 Å². The van der Waals surface area contributed by atoms with E-state index in [1.165, 1.54) is 0 Å². The average Bonchev–Trinajstić information content (AvgIpc) is 2.47. The van der Waals surface area contributed by atoms with Crippen LogP contribution in [-0.4, -0.2) is 62.8 Å². The number of hydrogen-bond acceptors (Lipinski definition) is 4. The smallest absolute Gasteiger partial charge is 0.234 e. The normalized spacial score (nSPS) is 27.9. The molecule has 2 unspecified atom stereocenters. The number of allylic oxidation sites excluding steroid dienone is 1. The van der Waals surface area contributed by atoms with Gasteiger partial charge in [-0.25, -0.2) is 4.21 Å². The van der Waals surface area contributed by atoms with E-state index in [9.17, 15) is 4.21 Å². The highest BCUT2D eigenvalue weighted by Gasteiger charge is 2.27. The molecule has 21 heavy (non-hydrogen) atoms. The summed E-state index contributed by atoms with van der Waals surface area (Å²) >= 11 is -1.86. The quantitative estimate of drug-likeness (QED) is 0.503. The summed E-state index contributed by atoms with van der Waals surface area (Å²) in [6.07, 6.45) is 4.26. The van der Waals surface area contributed by atoms with E-state index in [1.54, 1.807) is 4.31 Å². The fraction of sp³-hybridized carbons (Fsp3) is 0.769. The first-order valence-electron chi connectivity index (χ1n) is 7.46. The van der Waals surface area contributed by atoms with Crippen LogP contribution >= 0.6 is 0 Å². The van der Waals surface area contributed by atoms with Gasteiger partial charge in [0.2, 0.25) is 11.3 Å². The van der Waals surface area contributed by atoms with E-state index < -0.39 is 11.3 Å². The Morgan fingerprint density at radius 2 is 2.10 bits per heavy atom. The molecule has 120 valence electrons. The molecule has 1 saturated heterocycles. The van der Waals surface area contributed by atoms with E-state index in [0.29, 0.717) is 13.1 Å². The Hall–Kier alpha value is -0.960. The molecule has 0 saturated carbocycles. The van der Waals surface area contributed by atoms with Crippen LogP contribution in [0, 0.1) is 0 Å². The van der Waals surface area contributed by atoms with Gasteiger partial charge in [-0.3, -0.25) is 14.4 Å². The third-order valence-electron chi connectivity index (χ3n) is 3.66. The van der Waals surface area contributed by atoms with Crippen molar-refractivity contribution in [1.29, 1.82) is 0 Å². The zero-order valence-corrected chi connectivity index (χ0v) is 13.5. The largest absolute Gasteiger partial charge is 0.356 e. The number of rotatable bonds is 5. The van der Waals surface area contributed by atoms with Gasteiger partial charge in [0.15, 0.2) is 6.29 Å². The van der Waals surface area contributed by atoms with Crippen LogP contribution in [0.2, 0.25) is 0 Å². The number of aliphatic imine (C=N–C) groups is 1. The molecular weight excluding hydrogens is 290 g/mol. The molecule has 0 spiro atoms. The Morgan fingerprint density at radius 1 is 1.38 bits per heavy atom. The van der Waals surface area contributed by atoms with Crippen LogP contribution in [0.1, 0.15) is 26.7 Å². The van der Waals surface area contributed by atoms with Crippen molar-refractivity contribution >= 4 is 17.1 Å². The molecular formula is C13H25N5O2S. The molecule has 0 aromatic heterocycles. The molecule has 7 nitrogen and oxygen atoms in total. The van der Waals surface area contributed by atoms with E-state index in [0.717, 1.165) is 44.0 Å². The fourth-order valence-electron chi connectivity index (χ4n) is 2.43. The number of unbranched alkanes of at least 4 members (excludes halogenated alkanes) is 1. The molecule has 0 aromatic rings. The number of hydrogen-bond donors (Lipinski definition) is 3. The number of piperazine rings is 1. The third-order valence-corrected chi connectivity index (χ3v) is 4.46.